The van der Waals surface area contributed by atoms with E-state index in [9.17, 15) is 8.42 Å². The van der Waals surface area contributed by atoms with Crippen molar-refractivity contribution < 1.29 is 8.42 Å². The fourth-order valence-corrected chi connectivity index (χ4v) is 3.09. The molecule has 90 valence electrons. The maximum Gasteiger partial charge on any atom is 0.227 e. The molecule has 0 saturated heterocycles. The first-order valence-electron chi connectivity index (χ1n) is 5.23. The molecule has 0 aliphatic carbocycles. The molecular formula is C11H13N3O2S. The van der Waals surface area contributed by atoms with Crippen LogP contribution in [0.4, 0.5) is 0 Å². The van der Waals surface area contributed by atoms with Crippen LogP contribution in [-0.2, 0) is 9.84 Å². The topological polar surface area (TPSA) is 75.7 Å². The molecule has 0 radical (unpaired) electrons. The number of sulfone groups is 1. The number of nitrogens with zero attached hydrogens (tertiary/aromatic N) is 2. The SMILES string of the molecule is CC(C)c1ccccc1S(=O)(=O)c1cn[nH]n1. The highest BCUT2D eigenvalue weighted by atomic mass is 32.2. The first-order valence-corrected chi connectivity index (χ1v) is 6.71. The quantitative estimate of drug-likeness (QED) is 0.901. The van der Waals surface area contributed by atoms with E-state index in [0.717, 1.165) is 5.56 Å². The summed E-state index contributed by atoms with van der Waals surface area (Å²) in [6.07, 6.45) is 1.21. The molecule has 0 atom stereocenters. The Morgan fingerprint density at radius 2 is 1.94 bits per heavy atom. The van der Waals surface area contributed by atoms with Gasteiger partial charge in [-0.2, -0.15) is 10.3 Å². The minimum absolute atomic E-state index is 0.0504. The van der Waals surface area contributed by atoms with Crippen molar-refractivity contribution in [2.45, 2.75) is 29.7 Å². The zero-order chi connectivity index (χ0) is 12.5. The molecule has 5 nitrogen and oxygen atoms in total. The molecule has 17 heavy (non-hydrogen) atoms. The van der Waals surface area contributed by atoms with Crippen LogP contribution in [0.2, 0.25) is 0 Å². The number of aromatic nitrogens is 3. The number of rotatable bonds is 3. The van der Waals surface area contributed by atoms with Gasteiger partial charge in [0.05, 0.1) is 11.1 Å². The average molecular weight is 251 g/mol. The molecular weight excluding hydrogens is 238 g/mol. The minimum atomic E-state index is -3.58. The molecule has 6 heteroatoms. The second-order valence-corrected chi connectivity index (χ2v) is 5.87. The van der Waals surface area contributed by atoms with Gasteiger partial charge in [0.2, 0.25) is 14.9 Å². The molecule has 0 aliphatic rings. The van der Waals surface area contributed by atoms with E-state index in [4.69, 9.17) is 0 Å². The summed E-state index contributed by atoms with van der Waals surface area (Å²) in [5.41, 5.74) is 0.788. The average Bonchev–Trinajstić information content (AvgIpc) is 2.83. The zero-order valence-corrected chi connectivity index (χ0v) is 10.4. The third-order valence-corrected chi connectivity index (χ3v) is 4.20. The third kappa shape index (κ3) is 2.08. The lowest BCUT2D eigenvalue weighted by atomic mass is 10.0. The lowest BCUT2D eigenvalue weighted by Gasteiger charge is -2.11. The summed E-state index contributed by atoms with van der Waals surface area (Å²) in [5.74, 6) is 0.132. The Labute approximate surface area is 99.8 Å². The van der Waals surface area contributed by atoms with E-state index in [-0.39, 0.29) is 10.9 Å². The van der Waals surface area contributed by atoms with E-state index in [2.05, 4.69) is 15.4 Å². The maximum absolute atomic E-state index is 12.3. The lowest BCUT2D eigenvalue weighted by molar-refractivity contribution is 0.589. The Morgan fingerprint density at radius 1 is 1.24 bits per heavy atom. The van der Waals surface area contributed by atoms with Crippen molar-refractivity contribution in [3.63, 3.8) is 0 Å². The van der Waals surface area contributed by atoms with Crippen molar-refractivity contribution in [3.05, 3.63) is 36.0 Å². The Hall–Kier alpha value is -1.69. The molecule has 1 aromatic carbocycles. The van der Waals surface area contributed by atoms with E-state index in [1.165, 1.54) is 6.20 Å². The molecule has 0 aliphatic heterocycles. The summed E-state index contributed by atoms with van der Waals surface area (Å²) in [6, 6.07) is 6.95. The van der Waals surface area contributed by atoms with Crippen molar-refractivity contribution >= 4 is 9.84 Å². The Bertz CT molecular complexity index is 603. The van der Waals surface area contributed by atoms with Gasteiger partial charge in [0.1, 0.15) is 0 Å². The van der Waals surface area contributed by atoms with Gasteiger partial charge in [-0.3, -0.25) is 0 Å². The summed E-state index contributed by atoms with van der Waals surface area (Å²) in [4.78, 5) is 0.295. The fourth-order valence-electron chi connectivity index (χ4n) is 1.64. The van der Waals surface area contributed by atoms with Gasteiger partial charge in [-0.1, -0.05) is 32.0 Å². The zero-order valence-electron chi connectivity index (χ0n) is 9.58. The van der Waals surface area contributed by atoms with Gasteiger partial charge in [-0.15, -0.1) is 5.10 Å². The number of aromatic amines is 1. The molecule has 1 aromatic heterocycles. The highest BCUT2D eigenvalue weighted by molar-refractivity contribution is 7.91. The Balaban J connectivity index is 2.62. The van der Waals surface area contributed by atoms with Crippen molar-refractivity contribution in [3.8, 4) is 0 Å². The van der Waals surface area contributed by atoms with Gasteiger partial charge in [-0.05, 0) is 17.5 Å². The van der Waals surface area contributed by atoms with Crippen LogP contribution in [0, 0.1) is 0 Å². The van der Waals surface area contributed by atoms with Gasteiger partial charge in [0.15, 0.2) is 0 Å². The number of nitrogens with one attached hydrogen (secondary N) is 1. The van der Waals surface area contributed by atoms with Crippen LogP contribution in [0.5, 0.6) is 0 Å². The molecule has 0 bridgehead atoms. The van der Waals surface area contributed by atoms with Crippen molar-refractivity contribution in [2.75, 3.05) is 0 Å². The third-order valence-electron chi connectivity index (χ3n) is 2.50. The minimum Gasteiger partial charge on any atom is -0.217 e. The molecule has 2 rings (SSSR count). The van der Waals surface area contributed by atoms with Crippen molar-refractivity contribution in [1.82, 2.24) is 15.4 Å². The monoisotopic (exact) mass is 251 g/mol. The summed E-state index contributed by atoms with van der Waals surface area (Å²) >= 11 is 0. The maximum atomic E-state index is 12.3. The van der Waals surface area contributed by atoms with E-state index >= 15 is 0 Å². The van der Waals surface area contributed by atoms with E-state index in [1.54, 1.807) is 12.1 Å². The standard InChI is InChI=1S/C11H13N3O2S/c1-8(2)9-5-3-4-6-10(9)17(15,16)11-7-12-14-13-11/h3-8H,1-2H3,(H,12,13,14). The van der Waals surface area contributed by atoms with Gasteiger partial charge >= 0.3 is 0 Å². The highest BCUT2D eigenvalue weighted by Gasteiger charge is 2.24. The molecule has 0 unspecified atom stereocenters. The highest BCUT2D eigenvalue weighted by Crippen LogP contribution is 2.27. The molecule has 2 aromatic rings. The Kier molecular flexibility index (Phi) is 2.97. The molecule has 0 saturated carbocycles. The van der Waals surface area contributed by atoms with Crippen LogP contribution in [0.15, 0.2) is 40.4 Å². The van der Waals surface area contributed by atoms with Crippen LogP contribution >= 0.6 is 0 Å². The van der Waals surface area contributed by atoms with Gasteiger partial charge in [0.25, 0.3) is 0 Å². The summed E-state index contributed by atoms with van der Waals surface area (Å²) in [6.45, 7) is 3.91. The number of H-pyrrole nitrogens is 1. The second-order valence-electron chi connectivity index (χ2n) is 4.00. The van der Waals surface area contributed by atoms with Gasteiger partial charge in [-0.25, -0.2) is 8.42 Å². The first-order chi connectivity index (χ1) is 8.03. The van der Waals surface area contributed by atoms with Crippen LogP contribution in [0.1, 0.15) is 25.3 Å². The normalized spacial score (nSPS) is 11.9. The number of benzene rings is 1. The predicted molar refractivity (Wildman–Crippen MR) is 62.4 cm³/mol. The first kappa shape index (κ1) is 11.8. The molecule has 0 spiro atoms. The predicted octanol–water partition coefficient (Wildman–Crippen LogP) is 1.76. The Morgan fingerprint density at radius 3 is 2.53 bits per heavy atom. The van der Waals surface area contributed by atoms with Crippen LogP contribution in [-0.4, -0.2) is 23.8 Å². The van der Waals surface area contributed by atoms with Crippen LogP contribution in [0.25, 0.3) is 0 Å². The number of hydrogen-bond donors (Lipinski definition) is 1. The van der Waals surface area contributed by atoms with Crippen molar-refractivity contribution in [2.24, 2.45) is 0 Å². The lowest BCUT2D eigenvalue weighted by Crippen LogP contribution is -2.07. The number of hydrogen-bond acceptors (Lipinski definition) is 4. The summed E-state index contributed by atoms with van der Waals surface area (Å²) in [7, 11) is -3.58. The van der Waals surface area contributed by atoms with Crippen molar-refractivity contribution in [1.29, 1.82) is 0 Å². The molecule has 0 fully saturated rings. The summed E-state index contributed by atoms with van der Waals surface area (Å²) in [5, 5.41) is 9.44. The summed E-state index contributed by atoms with van der Waals surface area (Å²) < 4.78 is 24.6. The molecule has 1 N–H and O–H groups in total. The van der Waals surface area contributed by atoms with E-state index < -0.39 is 9.84 Å². The largest absolute Gasteiger partial charge is 0.227 e. The van der Waals surface area contributed by atoms with Crippen LogP contribution in [0.3, 0.4) is 0 Å². The van der Waals surface area contributed by atoms with Gasteiger partial charge < -0.3 is 0 Å². The van der Waals surface area contributed by atoms with E-state index in [0.29, 0.717) is 4.90 Å². The second kappa shape index (κ2) is 4.29. The molecule has 0 amide bonds. The molecule has 1 heterocycles. The fraction of sp³-hybridized carbons (Fsp3) is 0.273. The smallest absolute Gasteiger partial charge is 0.217 e. The van der Waals surface area contributed by atoms with Gasteiger partial charge in [0, 0.05) is 0 Å². The van der Waals surface area contributed by atoms with Crippen LogP contribution < -0.4 is 0 Å². The van der Waals surface area contributed by atoms with E-state index in [1.807, 2.05) is 26.0 Å².